The van der Waals surface area contributed by atoms with Crippen LogP contribution in [0, 0.1) is 0 Å². The van der Waals surface area contributed by atoms with Gasteiger partial charge in [0.05, 0.1) is 11.5 Å². The van der Waals surface area contributed by atoms with Crippen LogP contribution in [0.2, 0.25) is 0 Å². The Labute approximate surface area is 93.8 Å². The molecule has 0 radical (unpaired) electrons. The standard InChI is InChI=1S/C9H18N2O3S/c10-4-2-1-3-5-11-8(12)6-15-7-9(13)14/h1-7,10H2,(H,11,12)(H,13,14). The van der Waals surface area contributed by atoms with E-state index in [2.05, 4.69) is 5.32 Å². The number of hydrogen-bond acceptors (Lipinski definition) is 4. The van der Waals surface area contributed by atoms with Gasteiger partial charge in [-0.2, -0.15) is 0 Å². The number of thioether (sulfide) groups is 1. The van der Waals surface area contributed by atoms with Gasteiger partial charge in [-0.05, 0) is 19.4 Å². The van der Waals surface area contributed by atoms with Crippen LogP contribution in [-0.4, -0.2) is 41.6 Å². The molecule has 0 atom stereocenters. The first kappa shape index (κ1) is 14.2. The minimum Gasteiger partial charge on any atom is -0.481 e. The molecule has 0 aromatic carbocycles. The van der Waals surface area contributed by atoms with Crippen molar-refractivity contribution >= 4 is 23.6 Å². The number of carboxylic acids is 1. The number of nitrogens with one attached hydrogen (secondary N) is 1. The van der Waals surface area contributed by atoms with Crippen LogP contribution in [0.1, 0.15) is 19.3 Å². The van der Waals surface area contributed by atoms with Crippen LogP contribution >= 0.6 is 11.8 Å². The molecule has 5 nitrogen and oxygen atoms in total. The van der Waals surface area contributed by atoms with Gasteiger partial charge in [-0.1, -0.05) is 6.42 Å². The third-order valence-electron chi connectivity index (χ3n) is 1.66. The Balaban J connectivity index is 3.22. The van der Waals surface area contributed by atoms with Crippen LogP contribution in [0.3, 0.4) is 0 Å². The van der Waals surface area contributed by atoms with Crippen molar-refractivity contribution in [2.45, 2.75) is 19.3 Å². The Bertz CT molecular complexity index is 200. The highest BCUT2D eigenvalue weighted by molar-refractivity contribution is 8.00. The Morgan fingerprint density at radius 1 is 1.20 bits per heavy atom. The fourth-order valence-electron chi connectivity index (χ4n) is 0.956. The van der Waals surface area contributed by atoms with Crippen molar-refractivity contribution in [3.8, 4) is 0 Å². The zero-order valence-electron chi connectivity index (χ0n) is 8.70. The van der Waals surface area contributed by atoms with Gasteiger partial charge >= 0.3 is 5.97 Å². The van der Waals surface area contributed by atoms with E-state index in [1.165, 1.54) is 0 Å². The van der Waals surface area contributed by atoms with E-state index < -0.39 is 5.97 Å². The monoisotopic (exact) mass is 234 g/mol. The number of carboxylic acid groups (broad SMARTS) is 1. The van der Waals surface area contributed by atoms with Gasteiger partial charge in [-0.15, -0.1) is 11.8 Å². The first-order valence-electron chi connectivity index (χ1n) is 4.93. The predicted molar refractivity (Wildman–Crippen MR) is 60.9 cm³/mol. The van der Waals surface area contributed by atoms with Crippen molar-refractivity contribution in [3.63, 3.8) is 0 Å². The lowest BCUT2D eigenvalue weighted by Gasteiger charge is -2.03. The number of carbonyl (C=O) groups excluding carboxylic acids is 1. The number of aliphatic carboxylic acids is 1. The van der Waals surface area contributed by atoms with Crippen LogP contribution in [0.4, 0.5) is 0 Å². The van der Waals surface area contributed by atoms with Crippen molar-refractivity contribution < 1.29 is 14.7 Å². The van der Waals surface area contributed by atoms with Gasteiger partial charge in [-0.3, -0.25) is 9.59 Å². The summed E-state index contributed by atoms with van der Waals surface area (Å²) in [6, 6.07) is 0. The SMILES string of the molecule is NCCCCCNC(=O)CSCC(=O)O. The third kappa shape index (κ3) is 11.2. The van der Waals surface area contributed by atoms with Crippen molar-refractivity contribution in [1.29, 1.82) is 0 Å². The fourth-order valence-corrected chi connectivity index (χ4v) is 1.52. The largest absolute Gasteiger partial charge is 0.481 e. The average Bonchev–Trinajstić information content (AvgIpc) is 2.17. The van der Waals surface area contributed by atoms with Gasteiger partial charge in [0.1, 0.15) is 0 Å². The van der Waals surface area contributed by atoms with Gasteiger partial charge in [0.15, 0.2) is 0 Å². The topological polar surface area (TPSA) is 92.4 Å². The molecule has 0 aliphatic rings. The summed E-state index contributed by atoms with van der Waals surface area (Å²) in [6.07, 6.45) is 2.91. The Morgan fingerprint density at radius 3 is 2.53 bits per heavy atom. The summed E-state index contributed by atoms with van der Waals surface area (Å²) in [4.78, 5) is 21.3. The number of nitrogens with two attached hydrogens (primary N) is 1. The number of rotatable bonds is 9. The highest BCUT2D eigenvalue weighted by atomic mass is 32.2. The Hall–Kier alpha value is -0.750. The molecule has 4 N–H and O–H groups in total. The second kappa shape index (κ2) is 9.79. The van der Waals surface area contributed by atoms with Crippen LogP contribution in [0.25, 0.3) is 0 Å². The van der Waals surface area contributed by atoms with Crippen LogP contribution in [0.5, 0.6) is 0 Å². The minimum atomic E-state index is -0.893. The molecule has 0 saturated carbocycles. The van der Waals surface area contributed by atoms with Gasteiger partial charge < -0.3 is 16.2 Å². The molecule has 0 unspecified atom stereocenters. The molecular weight excluding hydrogens is 216 g/mol. The molecule has 0 aromatic rings. The van der Waals surface area contributed by atoms with E-state index in [0.717, 1.165) is 31.0 Å². The van der Waals surface area contributed by atoms with E-state index in [1.807, 2.05) is 0 Å². The van der Waals surface area contributed by atoms with E-state index in [9.17, 15) is 9.59 Å². The molecule has 0 bridgehead atoms. The molecule has 0 aromatic heterocycles. The summed E-state index contributed by atoms with van der Waals surface area (Å²) < 4.78 is 0. The summed E-state index contributed by atoms with van der Waals surface area (Å²) in [5.74, 6) is -0.811. The molecule has 0 saturated heterocycles. The molecule has 0 heterocycles. The zero-order chi connectivity index (χ0) is 11.5. The first-order valence-corrected chi connectivity index (χ1v) is 6.08. The van der Waals surface area contributed by atoms with Gasteiger partial charge in [0, 0.05) is 6.54 Å². The Morgan fingerprint density at radius 2 is 1.93 bits per heavy atom. The molecule has 0 rings (SSSR count). The second-order valence-electron chi connectivity index (χ2n) is 3.09. The summed E-state index contributed by atoms with van der Waals surface area (Å²) in [6.45, 7) is 1.33. The average molecular weight is 234 g/mol. The molecule has 1 amide bonds. The molecule has 15 heavy (non-hydrogen) atoms. The van der Waals surface area contributed by atoms with E-state index in [4.69, 9.17) is 10.8 Å². The smallest absolute Gasteiger partial charge is 0.313 e. The van der Waals surface area contributed by atoms with Crippen molar-refractivity contribution in [1.82, 2.24) is 5.32 Å². The maximum absolute atomic E-state index is 11.1. The normalized spacial score (nSPS) is 9.93. The third-order valence-corrected chi connectivity index (χ3v) is 2.58. The molecule has 0 fully saturated rings. The predicted octanol–water partition coefficient (Wildman–Crippen LogP) is 0.0494. The van der Waals surface area contributed by atoms with Crippen LogP contribution in [0.15, 0.2) is 0 Å². The zero-order valence-corrected chi connectivity index (χ0v) is 9.52. The van der Waals surface area contributed by atoms with E-state index in [-0.39, 0.29) is 17.4 Å². The lowest BCUT2D eigenvalue weighted by atomic mass is 10.2. The molecule has 88 valence electrons. The van der Waals surface area contributed by atoms with Crippen LogP contribution < -0.4 is 11.1 Å². The Kier molecular flexibility index (Phi) is 9.30. The first-order chi connectivity index (χ1) is 7.16. The number of hydrogen-bond donors (Lipinski definition) is 3. The number of amides is 1. The van der Waals surface area contributed by atoms with Crippen molar-refractivity contribution in [2.75, 3.05) is 24.6 Å². The second-order valence-corrected chi connectivity index (χ2v) is 4.07. The fraction of sp³-hybridized carbons (Fsp3) is 0.778. The summed E-state index contributed by atoms with van der Waals surface area (Å²) in [7, 11) is 0. The molecule has 0 spiro atoms. The molecular formula is C9H18N2O3S. The lowest BCUT2D eigenvalue weighted by Crippen LogP contribution is -2.26. The number of carbonyl (C=O) groups is 2. The van der Waals surface area contributed by atoms with Crippen molar-refractivity contribution in [2.24, 2.45) is 5.73 Å². The summed E-state index contributed by atoms with van der Waals surface area (Å²) >= 11 is 1.11. The van der Waals surface area contributed by atoms with Gasteiger partial charge in [0.2, 0.25) is 5.91 Å². The summed E-state index contributed by atoms with van der Waals surface area (Å²) in [5.41, 5.74) is 5.32. The maximum atomic E-state index is 11.1. The molecule has 6 heteroatoms. The van der Waals surface area contributed by atoms with E-state index >= 15 is 0 Å². The maximum Gasteiger partial charge on any atom is 0.313 e. The molecule has 0 aliphatic heterocycles. The van der Waals surface area contributed by atoms with Gasteiger partial charge in [0.25, 0.3) is 0 Å². The quantitative estimate of drug-likeness (QED) is 0.490. The lowest BCUT2D eigenvalue weighted by molar-refractivity contribution is -0.133. The molecule has 0 aliphatic carbocycles. The van der Waals surface area contributed by atoms with E-state index in [1.54, 1.807) is 0 Å². The number of unbranched alkanes of at least 4 members (excludes halogenated alkanes) is 2. The highest BCUT2D eigenvalue weighted by Crippen LogP contribution is 1.98. The van der Waals surface area contributed by atoms with E-state index in [0.29, 0.717) is 13.1 Å². The van der Waals surface area contributed by atoms with Crippen molar-refractivity contribution in [3.05, 3.63) is 0 Å². The minimum absolute atomic E-state index is 0.0272. The summed E-state index contributed by atoms with van der Waals surface area (Å²) in [5, 5.41) is 11.1. The van der Waals surface area contributed by atoms with Crippen LogP contribution in [-0.2, 0) is 9.59 Å². The van der Waals surface area contributed by atoms with Gasteiger partial charge in [-0.25, -0.2) is 0 Å². The highest BCUT2D eigenvalue weighted by Gasteiger charge is 2.02.